The maximum atomic E-state index is 11.9. The smallest absolute Gasteiger partial charge is 0.305 e. The fourth-order valence-electron chi connectivity index (χ4n) is 4.64. The average Bonchev–Trinajstić information content (AvgIpc) is 3.06. The van der Waals surface area contributed by atoms with Crippen LogP contribution in [0.25, 0.3) is 0 Å². The van der Waals surface area contributed by atoms with E-state index in [0.717, 1.165) is 57.3 Å². The number of carbonyl (C=O) groups is 2. The van der Waals surface area contributed by atoms with Crippen LogP contribution in [0.5, 0.6) is 0 Å². The van der Waals surface area contributed by atoms with Gasteiger partial charge in [-0.25, -0.2) is 0 Å². The van der Waals surface area contributed by atoms with Crippen LogP contribution in [0.1, 0.15) is 149 Å². The van der Waals surface area contributed by atoms with Gasteiger partial charge in [0.05, 0.1) is 6.10 Å². The highest BCUT2D eigenvalue weighted by Crippen LogP contribution is 2.15. The van der Waals surface area contributed by atoms with Crippen molar-refractivity contribution in [1.82, 2.24) is 0 Å². The standard InChI is InChI=1S/C40H68O6/c1-4-36(3)30-26-22-18-14-12-13-17-21-25-29-33-40(44)46-35-38(42)34-45-39(43)32-28-24-20-16-11-9-7-6-8-10-15-19-23-27-31-37(41)5-2/h7-10,16,19-20,23,27,31,36-38,41-42H,4-6,11-15,17-18,21-22,24-26,28-30,32-35H2,1-3H3/b9-7-,10-8-,20-16-,23-19-,31-27+/t36?,37-,38+/m0/s1. The predicted molar refractivity (Wildman–Crippen MR) is 192 cm³/mol. The summed E-state index contributed by atoms with van der Waals surface area (Å²) in [7, 11) is 0. The van der Waals surface area contributed by atoms with Gasteiger partial charge in [0.15, 0.2) is 0 Å². The molecule has 0 aromatic rings. The maximum absolute atomic E-state index is 11.9. The lowest BCUT2D eigenvalue weighted by Gasteiger charge is -2.12. The topological polar surface area (TPSA) is 93.1 Å². The monoisotopic (exact) mass is 645 g/mol. The number of ether oxygens (including phenoxy) is 2. The van der Waals surface area contributed by atoms with E-state index in [1.807, 2.05) is 19.1 Å². The van der Waals surface area contributed by atoms with Crippen LogP contribution in [-0.2, 0) is 19.1 Å². The zero-order valence-corrected chi connectivity index (χ0v) is 29.6. The number of aliphatic hydroxyl groups excluding tert-OH is 2. The third-order valence-corrected chi connectivity index (χ3v) is 7.97. The minimum Gasteiger partial charge on any atom is -0.463 e. The van der Waals surface area contributed by atoms with E-state index in [0.29, 0.717) is 19.3 Å². The fourth-order valence-corrected chi connectivity index (χ4v) is 4.64. The highest BCUT2D eigenvalue weighted by molar-refractivity contribution is 5.69. The van der Waals surface area contributed by atoms with Crippen LogP contribution < -0.4 is 0 Å². The summed E-state index contributed by atoms with van der Waals surface area (Å²) in [5, 5.41) is 19.4. The third-order valence-electron chi connectivity index (χ3n) is 7.97. The van der Waals surface area contributed by atoms with E-state index in [9.17, 15) is 19.8 Å². The van der Waals surface area contributed by atoms with Crippen molar-refractivity contribution in [3.05, 3.63) is 60.8 Å². The largest absolute Gasteiger partial charge is 0.463 e. The molecule has 264 valence electrons. The zero-order chi connectivity index (χ0) is 33.9. The van der Waals surface area contributed by atoms with Crippen molar-refractivity contribution in [3.63, 3.8) is 0 Å². The number of carbonyl (C=O) groups excluding carboxylic acids is 2. The molecule has 0 radical (unpaired) electrons. The molecule has 46 heavy (non-hydrogen) atoms. The molecule has 0 saturated carbocycles. The highest BCUT2D eigenvalue weighted by atomic mass is 16.6. The molecule has 6 nitrogen and oxygen atoms in total. The summed E-state index contributed by atoms with van der Waals surface area (Å²) in [6.45, 7) is 6.26. The summed E-state index contributed by atoms with van der Waals surface area (Å²) in [4.78, 5) is 23.9. The molecule has 2 N–H and O–H groups in total. The fraction of sp³-hybridized carbons (Fsp3) is 0.700. The van der Waals surface area contributed by atoms with Gasteiger partial charge in [0.2, 0.25) is 0 Å². The Hall–Kier alpha value is -2.44. The van der Waals surface area contributed by atoms with Gasteiger partial charge in [0, 0.05) is 12.8 Å². The summed E-state index contributed by atoms with van der Waals surface area (Å²) in [6, 6.07) is 0. The Morgan fingerprint density at radius 1 is 0.587 bits per heavy atom. The van der Waals surface area contributed by atoms with Gasteiger partial charge in [-0.1, -0.05) is 152 Å². The molecule has 0 aliphatic heterocycles. The summed E-state index contributed by atoms with van der Waals surface area (Å²) in [5.41, 5.74) is 0. The Morgan fingerprint density at radius 2 is 1.07 bits per heavy atom. The van der Waals surface area contributed by atoms with Crippen molar-refractivity contribution >= 4 is 11.9 Å². The van der Waals surface area contributed by atoms with Crippen molar-refractivity contribution in [2.24, 2.45) is 5.92 Å². The van der Waals surface area contributed by atoms with Gasteiger partial charge in [-0.15, -0.1) is 0 Å². The van der Waals surface area contributed by atoms with Gasteiger partial charge in [-0.05, 0) is 50.9 Å². The van der Waals surface area contributed by atoms with Crippen LogP contribution in [0, 0.1) is 5.92 Å². The Bertz CT molecular complexity index is 856. The molecule has 0 aromatic carbocycles. The minimum atomic E-state index is -0.997. The molecule has 0 aliphatic carbocycles. The third kappa shape index (κ3) is 32.9. The van der Waals surface area contributed by atoms with Gasteiger partial charge in [0.25, 0.3) is 0 Å². The van der Waals surface area contributed by atoms with Gasteiger partial charge in [-0.3, -0.25) is 9.59 Å². The second-order valence-corrected chi connectivity index (χ2v) is 12.4. The average molecular weight is 645 g/mol. The summed E-state index contributed by atoms with van der Waals surface area (Å²) >= 11 is 0. The molecule has 1 unspecified atom stereocenters. The molecule has 0 fully saturated rings. The van der Waals surface area contributed by atoms with E-state index in [4.69, 9.17) is 9.47 Å². The molecular formula is C40H68O6. The number of rotatable bonds is 31. The Labute approximate surface area is 282 Å². The molecule has 6 heteroatoms. The lowest BCUT2D eigenvalue weighted by molar-refractivity contribution is -0.152. The molecule has 0 bridgehead atoms. The van der Waals surface area contributed by atoms with E-state index >= 15 is 0 Å². The van der Waals surface area contributed by atoms with Crippen molar-refractivity contribution in [2.45, 2.75) is 161 Å². The predicted octanol–water partition coefficient (Wildman–Crippen LogP) is 10.1. The van der Waals surface area contributed by atoms with Crippen LogP contribution in [0.4, 0.5) is 0 Å². The summed E-state index contributed by atoms with van der Waals surface area (Å²) in [5.74, 6) is 0.217. The van der Waals surface area contributed by atoms with Crippen LogP contribution in [0.2, 0.25) is 0 Å². The molecule has 0 aliphatic rings. The van der Waals surface area contributed by atoms with Gasteiger partial charge >= 0.3 is 11.9 Å². The highest BCUT2D eigenvalue weighted by Gasteiger charge is 2.12. The SMILES string of the molecule is CCC(C)CCCCCCCCCCCCC(=O)OC[C@H](O)COC(=O)CCC/C=C\C/C=C\C/C=C\C/C=C\C=C\[C@@H](O)CC. The second-order valence-electron chi connectivity index (χ2n) is 12.4. The zero-order valence-electron chi connectivity index (χ0n) is 29.6. The first-order chi connectivity index (χ1) is 22.4. The van der Waals surface area contributed by atoms with Gasteiger partial charge < -0.3 is 19.7 Å². The van der Waals surface area contributed by atoms with Gasteiger partial charge in [0.1, 0.15) is 19.3 Å². The normalized spacial score (nSPS) is 14.3. The number of hydrogen-bond acceptors (Lipinski definition) is 6. The van der Waals surface area contributed by atoms with Crippen LogP contribution >= 0.6 is 0 Å². The lowest BCUT2D eigenvalue weighted by atomic mass is 9.99. The molecule has 0 aromatic heterocycles. The van der Waals surface area contributed by atoms with Crippen molar-refractivity contribution in [2.75, 3.05) is 13.2 Å². The van der Waals surface area contributed by atoms with Crippen LogP contribution in [0.15, 0.2) is 60.8 Å². The lowest BCUT2D eigenvalue weighted by Crippen LogP contribution is -2.25. The molecule has 0 saturated heterocycles. The molecule has 0 heterocycles. The maximum Gasteiger partial charge on any atom is 0.305 e. The number of esters is 2. The molecule has 0 rings (SSSR count). The van der Waals surface area contributed by atoms with Crippen molar-refractivity contribution in [1.29, 1.82) is 0 Å². The van der Waals surface area contributed by atoms with E-state index in [1.54, 1.807) is 6.08 Å². The second kappa shape index (κ2) is 33.9. The first-order valence-electron chi connectivity index (χ1n) is 18.3. The van der Waals surface area contributed by atoms with Gasteiger partial charge in [-0.2, -0.15) is 0 Å². The van der Waals surface area contributed by atoms with E-state index in [2.05, 4.69) is 56.4 Å². The van der Waals surface area contributed by atoms with E-state index < -0.39 is 6.10 Å². The summed E-state index contributed by atoms with van der Waals surface area (Å²) in [6.07, 6.45) is 39.3. The Balaban J connectivity index is 3.60. The van der Waals surface area contributed by atoms with Crippen molar-refractivity contribution in [3.8, 4) is 0 Å². The first kappa shape index (κ1) is 43.6. The number of aliphatic hydroxyl groups is 2. The van der Waals surface area contributed by atoms with Crippen LogP contribution in [-0.4, -0.2) is 47.6 Å². The quantitative estimate of drug-likeness (QED) is 0.0338. The minimum absolute atomic E-state index is 0.144. The molecular weight excluding hydrogens is 576 g/mol. The first-order valence-corrected chi connectivity index (χ1v) is 18.3. The number of unbranched alkanes of at least 4 members (excludes halogenated alkanes) is 10. The van der Waals surface area contributed by atoms with Crippen molar-refractivity contribution < 1.29 is 29.3 Å². The van der Waals surface area contributed by atoms with E-state index in [1.165, 1.54) is 57.8 Å². The number of allylic oxidation sites excluding steroid dienone is 9. The number of hydrogen-bond donors (Lipinski definition) is 2. The Kier molecular flexibility index (Phi) is 32.1. The molecule has 0 amide bonds. The Morgan fingerprint density at radius 3 is 1.61 bits per heavy atom. The van der Waals surface area contributed by atoms with Crippen LogP contribution in [0.3, 0.4) is 0 Å². The summed E-state index contributed by atoms with van der Waals surface area (Å²) < 4.78 is 10.3. The molecule has 3 atom stereocenters. The molecule has 0 spiro atoms. The van der Waals surface area contributed by atoms with E-state index in [-0.39, 0.29) is 31.3 Å².